The van der Waals surface area contributed by atoms with Crippen molar-refractivity contribution in [3.05, 3.63) is 60.2 Å². The Bertz CT molecular complexity index is 871. The average Bonchev–Trinajstić information content (AvgIpc) is 2.82. The minimum atomic E-state index is -0.304. The lowest BCUT2D eigenvalue weighted by atomic mass is 10.1. The van der Waals surface area contributed by atoms with Crippen LogP contribution in [0.5, 0.6) is 11.5 Å². The normalized spacial score (nSPS) is 15.5. The maximum Gasteiger partial charge on any atom is 0.259 e. The summed E-state index contributed by atoms with van der Waals surface area (Å²) >= 11 is 0. The van der Waals surface area contributed by atoms with E-state index in [-0.39, 0.29) is 18.4 Å². The zero-order valence-electron chi connectivity index (χ0n) is 14.2. The molecule has 26 heavy (non-hydrogen) atoms. The molecule has 0 aliphatic carbocycles. The Balaban J connectivity index is 1.46. The van der Waals surface area contributed by atoms with E-state index in [1.807, 2.05) is 12.1 Å². The SMILES string of the molecule is C=C1c2ccccc2C(=O)N1CC(=O)Nc1ccc2c(c1)OCCCO2. The summed E-state index contributed by atoms with van der Waals surface area (Å²) < 4.78 is 11.2. The molecule has 2 heterocycles. The van der Waals surface area contributed by atoms with E-state index in [2.05, 4.69) is 11.9 Å². The van der Waals surface area contributed by atoms with Crippen LogP contribution in [-0.2, 0) is 4.79 Å². The third-order valence-corrected chi connectivity index (χ3v) is 4.37. The van der Waals surface area contributed by atoms with Crippen LogP contribution < -0.4 is 14.8 Å². The van der Waals surface area contributed by atoms with Crippen molar-refractivity contribution in [3.63, 3.8) is 0 Å². The minimum Gasteiger partial charge on any atom is -0.490 e. The lowest BCUT2D eigenvalue weighted by Gasteiger charge is -2.17. The molecule has 0 unspecified atom stereocenters. The second kappa shape index (κ2) is 6.55. The van der Waals surface area contributed by atoms with Gasteiger partial charge in [0.25, 0.3) is 5.91 Å². The molecular formula is C20H18N2O4. The summed E-state index contributed by atoms with van der Waals surface area (Å²) in [6.07, 6.45) is 0.816. The number of nitrogens with zero attached hydrogens (tertiary/aromatic N) is 1. The van der Waals surface area contributed by atoms with Crippen LogP contribution in [0, 0.1) is 0 Å². The highest BCUT2D eigenvalue weighted by atomic mass is 16.5. The van der Waals surface area contributed by atoms with Crippen molar-refractivity contribution in [2.24, 2.45) is 0 Å². The fourth-order valence-corrected chi connectivity index (χ4v) is 3.09. The van der Waals surface area contributed by atoms with E-state index in [1.54, 1.807) is 30.3 Å². The summed E-state index contributed by atoms with van der Waals surface area (Å²) in [4.78, 5) is 26.3. The van der Waals surface area contributed by atoms with Crippen LogP contribution in [0.1, 0.15) is 22.3 Å². The molecule has 6 nitrogen and oxygen atoms in total. The van der Waals surface area contributed by atoms with Crippen molar-refractivity contribution in [1.29, 1.82) is 0 Å². The molecule has 4 rings (SSSR count). The van der Waals surface area contributed by atoms with E-state index in [4.69, 9.17) is 9.47 Å². The Kier molecular flexibility index (Phi) is 4.08. The summed E-state index contributed by atoms with van der Waals surface area (Å²) in [6.45, 7) is 5.03. The van der Waals surface area contributed by atoms with Gasteiger partial charge in [0.2, 0.25) is 5.91 Å². The first kappa shape index (κ1) is 16.2. The van der Waals surface area contributed by atoms with Gasteiger partial charge in [0.05, 0.1) is 13.2 Å². The summed E-state index contributed by atoms with van der Waals surface area (Å²) in [5.74, 6) is 0.759. The fourth-order valence-electron chi connectivity index (χ4n) is 3.09. The lowest BCUT2D eigenvalue weighted by molar-refractivity contribution is -0.116. The van der Waals surface area contributed by atoms with E-state index in [0.29, 0.717) is 41.7 Å². The highest BCUT2D eigenvalue weighted by Crippen LogP contribution is 2.33. The van der Waals surface area contributed by atoms with Gasteiger partial charge in [-0.1, -0.05) is 24.8 Å². The Morgan fingerprint density at radius 2 is 1.81 bits per heavy atom. The van der Waals surface area contributed by atoms with Crippen LogP contribution in [0.2, 0.25) is 0 Å². The Labute approximate surface area is 151 Å². The number of amides is 2. The van der Waals surface area contributed by atoms with Crippen molar-refractivity contribution >= 4 is 23.2 Å². The second-order valence-corrected chi connectivity index (χ2v) is 6.14. The van der Waals surface area contributed by atoms with Crippen LogP contribution in [-0.4, -0.2) is 36.5 Å². The predicted molar refractivity (Wildman–Crippen MR) is 97.2 cm³/mol. The molecule has 2 aromatic carbocycles. The van der Waals surface area contributed by atoms with Gasteiger partial charge in [0.1, 0.15) is 6.54 Å². The van der Waals surface area contributed by atoms with Gasteiger partial charge in [-0.15, -0.1) is 0 Å². The molecule has 1 N–H and O–H groups in total. The van der Waals surface area contributed by atoms with Gasteiger partial charge in [-0.05, 0) is 18.2 Å². The highest BCUT2D eigenvalue weighted by Gasteiger charge is 2.31. The van der Waals surface area contributed by atoms with E-state index in [0.717, 1.165) is 12.0 Å². The van der Waals surface area contributed by atoms with E-state index < -0.39 is 0 Å². The smallest absolute Gasteiger partial charge is 0.259 e. The van der Waals surface area contributed by atoms with Crippen molar-refractivity contribution in [1.82, 2.24) is 4.90 Å². The number of rotatable bonds is 3. The molecule has 0 aromatic heterocycles. The number of hydrogen-bond donors (Lipinski definition) is 1. The third-order valence-electron chi connectivity index (χ3n) is 4.37. The van der Waals surface area contributed by atoms with Gasteiger partial charge in [-0.2, -0.15) is 0 Å². The Hall–Kier alpha value is -3.28. The predicted octanol–water partition coefficient (Wildman–Crippen LogP) is 2.91. The van der Waals surface area contributed by atoms with Crippen molar-refractivity contribution in [2.75, 3.05) is 25.1 Å². The van der Waals surface area contributed by atoms with E-state index in [9.17, 15) is 9.59 Å². The molecule has 0 saturated carbocycles. The first-order valence-electron chi connectivity index (χ1n) is 8.43. The van der Waals surface area contributed by atoms with Gasteiger partial charge < -0.3 is 14.8 Å². The summed E-state index contributed by atoms with van der Waals surface area (Å²) in [5.41, 5.74) is 2.47. The fraction of sp³-hybridized carbons (Fsp3) is 0.200. The highest BCUT2D eigenvalue weighted by molar-refractivity contribution is 6.11. The van der Waals surface area contributed by atoms with Gasteiger partial charge in [-0.3, -0.25) is 14.5 Å². The molecule has 0 fully saturated rings. The Morgan fingerprint density at radius 3 is 2.58 bits per heavy atom. The zero-order chi connectivity index (χ0) is 18.1. The zero-order valence-corrected chi connectivity index (χ0v) is 14.2. The van der Waals surface area contributed by atoms with Gasteiger partial charge in [0.15, 0.2) is 11.5 Å². The number of ether oxygens (including phenoxy) is 2. The number of anilines is 1. The molecule has 6 heteroatoms. The Morgan fingerprint density at radius 1 is 1.08 bits per heavy atom. The topological polar surface area (TPSA) is 67.9 Å². The molecule has 2 amide bonds. The van der Waals surface area contributed by atoms with Crippen molar-refractivity contribution in [3.8, 4) is 11.5 Å². The standard InChI is InChI=1S/C20H18N2O4/c1-13-15-5-2-3-6-16(15)20(24)22(13)12-19(23)21-14-7-8-17-18(11-14)26-10-4-9-25-17/h2-3,5-8,11H,1,4,9-10,12H2,(H,21,23). The largest absolute Gasteiger partial charge is 0.490 e. The monoisotopic (exact) mass is 350 g/mol. The van der Waals surface area contributed by atoms with Gasteiger partial charge >= 0.3 is 0 Å². The van der Waals surface area contributed by atoms with E-state index in [1.165, 1.54) is 4.90 Å². The number of fused-ring (bicyclic) bond motifs is 2. The van der Waals surface area contributed by atoms with Crippen LogP contribution >= 0.6 is 0 Å². The third kappa shape index (κ3) is 2.90. The van der Waals surface area contributed by atoms with Crippen LogP contribution in [0.4, 0.5) is 5.69 Å². The van der Waals surface area contributed by atoms with E-state index >= 15 is 0 Å². The van der Waals surface area contributed by atoms with Gasteiger partial charge in [-0.25, -0.2) is 0 Å². The lowest BCUT2D eigenvalue weighted by Crippen LogP contribution is -2.32. The molecule has 2 aliphatic heterocycles. The van der Waals surface area contributed by atoms with Crippen molar-refractivity contribution in [2.45, 2.75) is 6.42 Å². The minimum absolute atomic E-state index is 0.0964. The second-order valence-electron chi connectivity index (χ2n) is 6.14. The number of hydrogen-bond acceptors (Lipinski definition) is 4. The molecule has 0 bridgehead atoms. The quantitative estimate of drug-likeness (QED) is 0.924. The van der Waals surface area contributed by atoms with Crippen LogP contribution in [0.25, 0.3) is 5.70 Å². The molecule has 0 atom stereocenters. The average molecular weight is 350 g/mol. The first-order chi connectivity index (χ1) is 12.6. The van der Waals surface area contributed by atoms with Crippen LogP contribution in [0.3, 0.4) is 0 Å². The first-order valence-corrected chi connectivity index (χ1v) is 8.43. The number of nitrogens with one attached hydrogen (secondary N) is 1. The summed E-state index contributed by atoms with van der Waals surface area (Å²) in [7, 11) is 0. The molecule has 2 aromatic rings. The van der Waals surface area contributed by atoms with Crippen LogP contribution in [0.15, 0.2) is 49.0 Å². The molecular weight excluding hydrogens is 332 g/mol. The maximum atomic E-state index is 12.5. The molecule has 0 radical (unpaired) electrons. The number of carbonyl (C=O) groups excluding carboxylic acids is 2. The molecule has 0 saturated heterocycles. The van der Waals surface area contributed by atoms with Crippen molar-refractivity contribution < 1.29 is 19.1 Å². The molecule has 132 valence electrons. The number of carbonyl (C=O) groups is 2. The number of benzene rings is 2. The maximum absolute atomic E-state index is 12.5. The molecule has 2 aliphatic rings. The summed E-state index contributed by atoms with van der Waals surface area (Å²) in [6, 6.07) is 12.5. The summed E-state index contributed by atoms with van der Waals surface area (Å²) in [5, 5.41) is 2.80. The molecule has 0 spiro atoms. The van der Waals surface area contributed by atoms with Gasteiger partial charge in [0, 0.05) is 35.0 Å².